The number of alkyl halides is 19. The van der Waals surface area contributed by atoms with E-state index in [0.29, 0.717) is 12.2 Å². The Kier molecular flexibility index (Phi) is 9.66. The van der Waals surface area contributed by atoms with Crippen molar-refractivity contribution in [2.45, 2.75) is 60.0 Å². The maximum absolute atomic E-state index is 13.9. The smallest absolute Gasteiger partial charge is 0.333 e. The predicted octanol–water partition coefficient (Wildman–Crippen LogP) is 6.87. The number of carbonyl (C=O) groups is 1. The first-order valence-electron chi connectivity index (χ1n) is 8.99. The van der Waals surface area contributed by atoms with Gasteiger partial charge in [-0.15, -0.1) is 13.2 Å². The van der Waals surface area contributed by atoms with Gasteiger partial charge in [0.2, 0.25) is 6.17 Å². The van der Waals surface area contributed by atoms with Gasteiger partial charge in [0, 0.05) is 13.1 Å². The number of rotatable bonds is 14. The molecule has 1 amide bonds. The number of amides is 1. The molecule has 0 fully saturated rings. The molecule has 0 aromatic rings. The van der Waals surface area contributed by atoms with Crippen LogP contribution in [0.1, 0.15) is 0 Å². The predicted molar refractivity (Wildman–Crippen MR) is 87.5 cm³/mol. The minimum Gasteiger partial charge on any atom is -0.333 e. The van der Waals surface area contributed by atoms with E-state index in [1.165, 1.54) is 0 Å². The number of hydrogen-bond donors (Lipinski definition) is 0. The minimum atomic E-state index is -8.95. The van der Waals surface area contributed by atoms with Crippen molar-refractivity contribution in [2.75, 3.05) is 13.1 Å². The van der Waals surface area contributed by atoms with Crippen LogP contribution < -0.4 is 0 Å². The molecule has 21 heteroatoms. The van der Waals surface area contributed by atoms with Crippen LogP contribution >= 0.6 is 0 Å². The van der Waals surface area contributed by atoms with Crippen molar-refractivity contribution >= 4 is 5.91 Å². The van der Waals surface area contributed by atoms with Crippen molar-refractivity contribution in [1.82, 2.24) is 4.90 Å². The normalized spacial score (nSPS) is 15.9. The molecular formula is C17H12F19NO. The highest BCUT2D eigenvalue weighted by Gasteiger charge is 2.96. The van der Waals surface area contributed by atoms with Crippen molar-refractivity contribution in [1.29, 1.82) is 0 Å². The summed E-state index contributed by atoms with van der Waals surface area (Å²) in [6, 6.07) is 0. The van der Waals surface area contributed by atoms with Crippen LogP contribution in [0.3, 0.4) is 0 Å². The van der Waals surface area contributed by atoms with Gasteiger partial charge in [-0.25, -0.2) is 13.2 Å². The second-order valence-electron chi connectivity index (χ2n) is 7.18. The van der Waals surface area contributed by atoms with Crippen LogP contribution in [0.15, 0.2) is 25.3 Å². The molecule has 0 spiro atoms. The zero-order valence-corrected chi connectivity index (χ0v) is 17.7. The van der Waals surface area contributed by atoms with Crippen molar-refractivity contribution < 1.29 is 88.2 Å². The van der Waals surface area contributed by atoms with E-state index in [9.17, 15) is 88.2 Å². The maximum Gasteiger partial charge on any atom is 0.385 e. The largest absolute Gasteiger partial charge is 0.385 e. The van der Waals surface area contributed by atoms with Crippen molar-refractivity contribution in [3.05, 3.63) is 25.3 Å². The second kappa shape index (κ2) is 10.3. The summed E-state index contributed by atoms with van der Waals surface area (Å²) in [5, 5.41) is 0. The molecule has 0 aliphatic heterocycles. The average Bonchev–Trinajstić information content (AvgIpc) is 2.76. The first-order chi connectivity index (χ1) is 16.5. The van der Waals surface area contributed by atoms with Gasteiger partial charge in [-0.2, -0.15) is 70.2 Å². The van der Waals surface area contributed by atoms with E-state index in [2.05, 4.69) is 13.2 Å². The lowest BCUT2D eigenvalue weighted by Crippen LogP contribution is -2.76. The summed E-state index contributed by atoms with van der Waals surface area (Å²) in [5.74, 6) is -70.4. The Balaban J connectivity index is 6.91. The van der Waals surface area contributed by atoms with Crippen LogP contribution in [0.4, 0.5) is 83.4 Å². The Morgan fingerprint density at radius 3 is 1.08 bits per heavy atom. The van der Waals surface area contributed by atoms with E-state index in [1.807, 2.05) is 0 Å². The molecule has 1 atom stereocenters. The Bertz CT molecular complexity index is 870. The average molecular weight is 607 g/mol. The van der Waals surface area contributed by atoms with Crippen molar-refractivity contribution in [3.8, 4) is 0 Å². The molecule has 0 rings (SSSR count). The topological polar surface area (TPSA) is 20.3 Å². The van der Waals surface area contributed by atoms with E-state index >= 15 is 0 Å². The third-order valence-electron chi connectivity index (χ3n) is 4.63. The molecule has 0 radical (unpaired) electrons. The highest BCUT2D eigenvalue weighted by atomic mass is 19.4. The SMILES string of the molecule is C=CCN(CC=C)C(=O)C(F)C(F)(F)C(F)(F)C(F)(F)C(F)(F)C(F)(F)C(F)(F)C(F)(F)C(F)(F)C(F)F. The lowest BCUT2D eigenvalue weighted by Gasteiger charge is -2.43. The summed E-state index contributed by atoms with van der Waals surface area (Å²) >= 11 is 0. The fourth-order valence-corrected chi connectivity index (χ4v) is 2.39. The van der Waals surface area contributed by atoms with Crippen LogP contribution in [0.5, 0.6) is 0 Å². The molecule has 38 heavy (non-hydrogen) atoms. The van der Waals surface area contributed by atoms with Crippen LogP contribution in [-0.2, 0) is 4.79 Å². The van der Waals surface area contributed by atoms with Gasteiger partial charge in [0.05, 0.1) is 0 Å². The highest BCUT2D eigenvalue weighted by Crippen LogP contribution is 2.64. The lowest BCUT2D eigenvalue weighted by atomic mass is 9.86. The summed E-state index contributed by atoms with van der Waals surface area (Å²) in [6.07, 6.45) is -10.3. The number of carbonyl (C=O) groups excluding carboxylic acids is 1. The summed E-state index contributed by atoms with van der Waals surface area (Å²) in [6.45, 7) is 3.68. The second-order valence-corrected chi connectivity index (χ2v) is 7.18. The van der Waals surface area contributed by atoms with Gasteiger partial charge >= 0.3 is 53.8 Å². The van der Waals surface area contributed by atoms with Gasteiger partial charge < -0.3 is 4.90 Å². The van der Waals surface area contributed by atoms with Crippen LogP contribution in [0.25, 0.3) is 0 Å². The summed E-state index contributed by atoms with van der Waals surface area (Å²) in [4.78, 5) is 11.4. The van der Waals surface area contributed by atoms with Gasteiger partial charge in [0.25, 0.3) is 5.91 Å². The summed E-state index contributed by atoms with van der Waals surface area (Å²) in [5.41, 5.74) is 0. The van der Waals surface area contributed by atoms with E-state index in [4.69, 9.17) is 0 Å². The third kappa shape index (κ3) is 4.77. The van der Waals surface area contributed by atoms with Gasteiger partial charge in [-0.3, -0.25) is 4.79 Å². The molecule has 2 nitrogen and oxygen atoms in total. The first kappa shape index (κ1) is 35.6. The van der Waals surface area contributed by atoms with Gasteiger partial charge in [-0.1, -0.05) is 12.2 Å². The van der Waals surface area contributed by atoms with Crippen LogP contribution in [0, 0.1) is 0 Å². The molecule has 0 aromatic carbocycles. The molecule has 0 aliphatic carbocycles. The Labute approximate surface area is 198 Å². The number of hydrogen-bond acceptors (Lipinski definition) is 1. The van der Waals surface area contributed by atoms with E-state index < -0.39 is 79.0 Å². The van der Waals surface area contributed by atoms with Crippen LogP contribution in [-0.4, -0.2) is 83.9 Å². The fourth-order valence-electron chi connectivity index (χ4n) is 2.39. The molecule has 0 saturated carbocycles. The first-order valence-corrected chi connectivity index (χ1v) is 8.99. The molecule has 1 unspecified atom stereocenters. The van der Waals surface area contributed by atoms with Crippen LogP contribution in [0.2, 0.25) is 0 Å². The Hall–Kier alpha value is -2.38. The molecule has 0 aromatic heterocycles. The zero-order valence-electron chi connectivity index (χ0n) is 17.7. The van der Waals surface area contributed by atoms with Crippen molar-refractivity contribution in [3.63, 3.8) is 0 Å². The quantitative estimate of drug-likeness (QED) is 0.156. The number of nitrogens with zero attached hydrogens (tertiary/aromatic N) is 1. The van der Waals surface area contributed by atoms with E-state index in [0.717, 1.165) is 0 Å². The zero-order chi connectivity index (χ0) is 31.1. The Morgan fingerprint density at radius 1 is 0.553 bits per heavy atom. The van der Waals surface area contributed by atoms with Crippen molar-refractivity contribution in [2.24, 2.45) is 0 Å². The molecule has 0 saturated heterocycles. The Morgan fingerprint density at radius 2 is 0.816 bits per heavy atom. The third-order valence-corrected chi connectivity index (χ3v) is 4.63. The maximum atomic E-state index is 13.9. The molecule has 0 heterocycles. The molecule has 0 N–H and O–H groups in total. The summed E-state index contributed by atoms with van der Waals surface area (Å²) < 4.78 is 254. The summed E-state index contributed by atoms with van der Waals surface area (Å²) in [7, 11) is 0. The molecule has 0 bridgehead atoms. The number of halogens is 19. The molecular weight excluding hydrogens is 595 g/mol. The standard InChI is InChI=1S/C17H12F19NO/c1-3-5-37(6-4-2)8(38)7(18)10(21,22)12(25,26)14(29,30)16(33,34)17(35,36)15(31,32)13(27,28)11(23,24)9(19)20/h3-4,7,9H,1-2,5-6H2. The van der Waals surface area contributed by atoms with E-state index in [1.54, 1.807) is 0 Å². The minimum absolute atomic E-state index is 0.263. The lowest BCUT2D eigenvalue weighted by molar-refractivity contribution is -0.458. The van der Waals surface area contributed by atoms with Gasteiger partial charge in [-0.05, 0) is 0 Å². The molecule has 0 aliphatic rings. The highest BCUT2D eigenvalue weighted by molar-refractivity contribution is 5.82. The molecule has 224 valence electrons. The fraction of sp³-hybridized carbons (Fsp3) is 0.706. The van der Waals surface area contributed by atoms with Gasteiger partial charge in [0.15, 0.2) is 0 Å². The monoisotopic (exact) mass is 607 g/mol. The van der Waals surface area contributed by atoms with Gasteiger partial charge in [0.1, 0.15) is 0 Å². The van der Waals surface area contributed by atoms with E-state index in [-0.39, 0.29) is 4.90 Å².